The summed E-state index contributed by atoms with van der Waals surface area (Å²) in [6, 6.07) is 0. The van der Waals surface area contributed by atoms with Crippen molar-refractivity contribution in [3.8, 4) is 0 Å². The molecule has 0 N–H and O–H groups in total. The highest BCUT2D eigenvalue weighted by atomic mass is 32.1. The quantitative estimate of drug-likeness (QED) is 0.543. The maximum absolute atomic E-state index is 2.37. The molecule has 2 nitrogen and oxygen atoms in total. The van der Waals surface area contributed by atoms with Gasteiger partial charge in [0.2, 0.25) is 6.20 Å². The molecule has 0 bridgehead atoms. The Hall–Kier alpha value is -0.570. The van der Waals surface area contributed by atoms with Gasteiger partial charge in [-0.25, -0.2) is 0 Å². The fraction of sp³-hybridized carbons (Fsp3) is 0.571. The second-order valence-corrected chi connectivity index (χ2v) is 3.32. The van der Waals surface area contributed by atoms with Gasteiger partial charge in [-0.2, -0.15) is 5.01 Å². The topological polar surface area (TPSA) is 7.12 Å². The average Bonchev–Trinajstić information content (AvgIpc) is 2.59. The Labute approximate surface area is 64.7 Å². The molecule has 1 fully saturated rings. The first kappa shape index (κ1) is 6.16. The molecular weight excluding hydrogens is 144 g/mol. The minimum absolute atomic E-state index is 1.22. The van der Waals surface area contributed by atoms with Gasteiger partial charge < -0.3 is 0 Å². The second kappa shape index (κ2) is 2.58. The fourth-order valence-electron chi connectivity index (χ4n) is 1.32. The molecule has 1 aliphatic heterocycles. The fourth-order valence-corrected chi connectivity index (χ4v) is 1.92. The van der Waals surface area contributed by atoms with E-state index in [2.05, 4.69) is 26.8 Å². The molecule has 0 unspecified atom stereocenters. The summed E-state index contributed by atoms with van der Waals surface area (Å²) >= 11 is 1.75. The van der Waals surface area contributed by atoms with Gasteiger partial charge in [-0.15, -0.1) is 0 Å². The van der Waals surface area contributed by atoms with Crippen LogP contribution in [0.15, 0.2) is 17.1 Å². The molecule has 0 aromatic carbocycles. The van der Waals surface area contributed by atoms with Crippen molar-refractivity contribution in [2.24, 2.45) is 0 Å². The molecule has 10 heavy (non-hydrogen) atoms. The normalized spacial score (nSPS) is 18.2. The highest BCUT2D eigenvalue weighted by Crippen LogP contribution is 2.01. The van der Waals surface area contributed by atoms with E-state index in [9.17, 15) is 0 Å². The van der Waals surface area contributed by atoms with Crippen LogP contribution in [0.25, 0.3) is 0 Å². The number of thiazole rings is 1. The van der Waals surface area contributed by atoms with Gasteiger partial charge in [-0.1, -0.05) is 16.0 Å². The van der Waals surface area contributed by atoms with E-state index < -0.39 is 0 Å². The van der Waals surface area contributed by atoms with Crippen molar-refractivity contribution in [2.45, 2.75) is 12.8 Å². The van der Waals surface area contributed by atoms with Crippen molar-refractivity contribution < 1.29 is 4.68 Å². The van der Waals surface area contributed by atoms with E-state index in [1.807, 2.05) is 0 Å². The smallest absolute Gasteiger partial charge is 0.180 e. The Morgan fingerprint density at radius 1 is 1.30 bits per heavy atom. The lowest BCUT2D eigenvalue weighted by atomic mass is 10.4. The molecule has 1 aromatic rings. The Morgan fingerprint density at radius 3 is 2.70 bits per heavy atom. The van der Waals surface area contributed by atoms with E-state index in [0.717, 1.165) is 0 Å². The van der Waals surface area contributed by atoms with Crippen LogP contribution in [0, 0.1) is 0 Å². The standard InChI is InChI=1S/C7H11N2S/c1-2-4-8(3-1)9-5-6-10-7-9/h5-7H,1-4H2/q+1. The van der Waals surface area contributed by atoms with Crippen molar-refractivity contribution in [1.82, 2.24) is 0 Å². The van der Waals surface area contributed by atoms with Crippen LogP contribution in [0.2, 0.25) is 0 Å². The van der Waals surface area contributed by atoms with E-state index in [0.29, 0.717) is 0 Å². The number of nitrogens with zero attached hydrogens (tertiary/aromatic N) is 2. The van der Waals surface area contributed by atoms with Crippen LogP contribution < -0.4 is 9.69 Å². The summed E-state index contributed by atoms with van der Waals surface area (Å²) in [6.45, 7) is 2.45. The van der Waals surface area contributed by atoms with Crippen LogP contribution in [0.5, 0.6) is 0 Å². The highest BCUT2D eigenvalue weighted by molar-refractivity contribution is 7.07. The predicted molar refractivity (Wildman–Crippen MR) is 41.7 cm³/mol. The monoisotopic (exact) mass is 155 g/mol. The van der Waals surface area contributed by atoms with E-state index in [4.69, 9.17) is 0 Å². The van der Waals surface area contributed by atoms with Crippen LogP contribution in [0.4, 0.5) is 0 Å². The molecule has 1 aliphatic rings. The van der Waals surface area contributed by atoms with Crippen LogP contribution in [0.3, 0.4) is 0 Å². The van der Waals surface area contributed by atoms with Crippen molar-refractivity contribution in [2.75, 3.05) is 18.1 Å². The molecule has 2 rings (SSSR count). The molecule has 0 aliphatic carbocycles. The molecule has 54 valence electrons. The molecule has 1 aromatic heterocycles. The third-order valence-electron chi connectivity index (χ3n) is 1.87. The lowest BCUT2D eigenvalue weighted by molar-refractivity contribution is -0.686. The number of hydrogen-bond acceptors (Lipinski definition) is 2. The van der Waals surface area contributed by atoms with Gasteiger partial charge in [0.25, 0.3) is 5.51 Å². The molecule has 1 saturated heterocycles. The van der Waals surface area contributed by atoms with Crippen molar-refractivity contribution >= 4 is 11.3 Å². The van der Waals surface area contributed by atoms with Gasteiger partial charge in [0.1, 0.15) is 0 Å². The first-order chi connectivity index (χ1) is 4.97. The summed E-state index contributed by atoms with van der Waals surface area (Å²) in [5.41, 5.74) is 2.14. The SMILES string of the molecule is c1c[n+](N2CCCC2)cs1. The van der Waals surface area contributed by atoms with Crippen molar-refractivity contribution in [3.63, 3.8) is 0 Å². The van der Waals surface area contributed by atoms with Gasteiger partial charge in [0.05, 0.1) is 18.5 Å². The summed E-state index contributed by atoms with van der Waals surface area (Å²) in [6.07, 6.45) is 4.82. The zero-order valence-corrected chi connectivity index (χ0v) is 6.68. The molecular formula is C7H11N2S+. The lowest BCUT2D eigenvalue weighted by Crippen LogP contribution is -2.54. The summed E-state index contributed by atoms with van der Waals surface area (Å²) in [5.74, 6) is 0. The van der Waals surface area contributed by atoms with Crippen LogP contribution >= 0.6 is 11.3 Å². The zero-order valence-electron chi connectivity index (χ0n) is 5.86. The van der Waals surface area contributed by atoms with Gasteiger partial charge in [0, 0.05) is 0 Å². The Morgan fingerprint density at radius 2 is 2.10 bits per heavy atom. The predicted octanol–water partition coefficient (Wildman–Crippen LogP) is 0.767. The maximum atomic E-state index is 2.37. The Bertz CT molecular complexity index is 189. The molecule has 2 heterocycles. The zero-order chi connectivity index (χ0) is 6.81. The summed E-state index contributed by atoms with van der Waals surface area (Å²) in [5, 5.41) is 4.48. The molecule has 0 atom stereocenters. The van der Waals surface area contributed by atoms with E-state index in [-0.39, 0.29) is 0 Å². The van der Waals surface area contributed by atoms with Gasteiger partial charge >= 0.3 is 0 Å². The van der Waals surface area contributed by atoms with Gasteiger partial charge in [-0.05, 0) is 12.8 Å². The Kier molecular flexibility index (Phi) is 1.59. The number of aromatic nitrogens is 1. The molecule has 0 radical (unpaired) electrons. The van der Waals surface area contributed by atoms with Crippen LogP contribution in [-0.4, -0.2) is 13.1 Å². The number of rotatable bonds is 1. The Balaban J connectivity index is 2.12. The largest absolute Gasteiger partial charge is 0.254 e. The molecule has 0 spiro atoms. The van der Waals surface area contributed by atoms with Crippen LogP contribution in [0.1, 0.15) is 12.8 Å². The summed E-state index contributed by atoms with van der Waals surface area (Å²) in [4.78, 5) is 0. The maximum Gasteiger partial charge on any atom is 0.254 e. The average molecular weight is 155 g/mol. The molecule has 0 saturated carbocycles. The third kappa shape index (κ3) is 1.01. The van der Waals surface area contributed by atoms with Crippen LogP contribution in [-0.2, 0) is 0 Å². The number of hydrogen-bond donors (Lipinski definition) is 0. The lowest BCUT2D eigenvalue weighted by Gasteiger charge is -2.05. The molecule has 0 amide bonds. The summed E-state index contributed by atoms with van der Waals surface area (Å²) < 4.78 is 2.19. The van der Waals surface area contributed by atoms with Crippen molar-refractivity contribution in [1.29, 1.82) is 0 Å². The van der Waals surface area contributed by atoms with E-state index in [1.165, 1.54) is 25.9 Å². The van der Waals surface area contributed by atoms with E-state index in [1.54, 1.807) is 11.3 Å². The molecule has 3 heteroatoms. The first-order valence-corrected chi connectivity index (χ1v) is 4.60. The second-order valence-electron chi connectivity index (χ2n) is 2.57. The van der Waals surface area contributed by atoms with Gasteiger partial charge in [-0.3, -0.25) is 0 Å². The van der Waals surface area contributed by atoms with Crippen molar-refractivity contribution in [3.05, 3.63) is 17.1 Å². The highest BCUT2D eigenvalue weighted by Gasteiger charge is 2.17. The third-order valence-corrected chi connectivity index (χ3v) is 2.49. The first-order valence-electron chi connectivity index (χ1n) is 3.65. The van der Waals surface area contributed by atoms with E-state index >= 15 is 0 Å². The van der Waals surface area contributed by atoms with Gasteiger partial charge in [0.15, 0.2) is 0 Å². The minimum Gasteiger partial charge on any atom is -0.180 e. The summed E-state index contributed by atoms with van der Waals surface area (Å²) in [7, 11) is 0. The minimum atomic E-state index is 1.22.